The number of benzene rings is 1. The van der Waals surface area contributed by atoms with Gasteiger partial charge in [0, 0.05) is 26.2 Å². The van der Waals surface area contributed by atoms with Crippen molar-refractivity contribution in [3.05, 3.63) is 29.8 Å². The van der Waals surface area contributed by atoms with E-state index in [1.807, 2.05) is 11.0 Å². The predicted octanol–water partition coefficient (Wildman–Crippen LogP) is -0.176. The Balaban J connectivity index is 2.25. The number of carbonyl (C=O) groups excluding carboxylic acids is 1. The van der Waals surface area contributed by atoms with Crippen molar-refractivity contribution in [1.29, 1.82) is 0 Å². The third-order valence-corrected chi connectivity index (χ3v) is 2.97. The molecule has 2 rings (SSSR count). The minimum Gasteiger partial charge on any atom is -0.508 e. The van der Waals surface area contributed by atoms with Crippen molar-refractivity contribution in [3.8, 4) is 5.75 Å². The van der Waals surface area contributed by atoms with Gasteiger partial charge in [0.2, 0.25) is 5.91 Å². The van der Waals surface area contributed by atoms with Gasteiger partial charge in [-0.05, 0) is 17.7 Å². The van der Waals surface area contributed by atoms with Gasteiger partial charge in [0.15, 0.2) is 0 Å². The molecule has 1 fully saturated rings. The average Bonchev–Trinajstić information content (AvgIpc) is 2.30. The maximum absolute atomic E-state index is 11.6. The minimum absolute atomic E-state index is 0.156. The van der Waals surface area contributed by atoms with Crippen LogP contribution in [0.25, 0.3) is 0 Å². The number of amides is 1. The van der Waals surface area contributed by atoms with Gasteiger partial charge in [0.1, 0.15) is 11.8 Å². The second kappa shape index (κ2) is 5.16. The summed E-state index contributed by atoms with van der Waals surface area (Å²) in [5.74, 6) is -0.221. The SMILES string of the molecule is NC(=O)C(c1cccc(O)c1)N1CCNCC1. The summed E-state index contributed by atoms with van der Waals surface area (Å²) in [6, 6.07) is 6.26. The second-order valence-electron chi connectivity index (χ2n) is 4.19. The van der Waals surface area contributed by atoms with Crippen molar-refractivity contribution in [2.24, 2.45) is 5.73 Å². The molecule has 1 aromatic carbocycles. The van der Waals surface area contributed by atoms with Crippen molar-refractivity contribution in [2.45, 2.75) is 6.04 Å². The van der Waals surface area contributed by atoms with Crippen LogP contribution >= 0.6 is 0 Å². The molecular weight excluding hydrogens is 218 g/mol. The molecule has 92 valence electrons. The Morgan fingerprint density at radius 1 is 1.41 bits per heavy atom. The molecule has 0 saturated carbocycles. The van der Waals surface area contributed by atoms with E-state index < -0.39 is 6.04 Å². The van der Waals surface area contributed by atoms with Crippen LogP contribution in [-0.2, 0) is 4.79 Å². The second-order valence-corrected chi connectivity index (χ2v) is 4.19. The summed E-state index contributed by atoms with van der Waals surface area (Å²) in [7, 11) is 0. The number of nitrogens with two attached hydrogens (primary N) is 1. The number of hydrogen-bond donors (Lipinski definition) is 3. The molecule has 1 heterocycles. The molecule has 4 N–H and O–H groups in total. The molecule has 1 atom stereocenters. The molecule has 0 aliphatic carbocycles. The summed E-state index contributed by atoms with van der Waals surface area (Å²) in [4.78, 5) is 13.6. The molecule has 5 heteroatoms. The van der Waals surface area contributed by atoms with Crippen LogP contribution < -0.4 is 11.1 Å². The number of nitrogens with one attached hydrogen (secondary N) is 1. The van der Waals surface area contributed by atoms with E-state index in [9.17, 15) is 9.90 Å². The van der Waals surface area contributed by atoms with Crippen LogP contribution in [0.1, 0.15) is 11.6 Å². The number of piperazine rings is 1. The predicted molar refractivity (Wildman–Crippen MR) is 64.5 cm³/mol. The lowest BCUT2D eigenvalue weighted by Gasteiger charge is -2.33. The maximum atomic E-state index is 11.6. The van der Waals surface area contributed by atoms with E-state index in [1.165, 1.54) is 0 Å². The van der Waals surface area contributed by atoms with E-state index in [0.29, 0.717) is 0 Å². The number of aromatic hydroxyl groups is 1. The van der Waals surface area contributed by atoms with Gasteiger partial charge < -0.3 is 16.2 Å². The molecule has 1 unspecified atom stereocenters. The topological polar surface area (TPSA) is 78.6 Å². The third-order valence-electron chi connectivity index (χ3n) is 2.97. The lowest BCUT2D eigenvalue weighted by molar-refractivity contribution is -0.123. The number of primary amides is 1. The van der Waals surface area contributed by atoms with Crippen molar-refractivity contribution >= 4 is 5.91 Å². The highest BCUT2D eigenvalue weighted by molar-refractivity contribution is 5.81. The Labute approximate surface area is 100 Å². The van der Waals surface area contributed by atoms with Crippen molar-refractivity contribution in [2.75, 3.05) is 26.2 Å². The lowest BCUT2D eigenvalue weighted by Crippen LogP contribution is -2.48. The smallest absolute Gasteiger partial charge is 0.239 e. The van der Waals surface area contributed by atoms with Crippen LogP contribution in [0.15, 0.2) is 24.3 Å². The zero-order valence-corrected chi connectivity index (χ0v) is 9.60. The van der Waals surface area contributed by atoms with Crippen LogP contribution in [0.2, 0.25) is 0 Å². The first-order valence-corrected chi connectivity index (χ1v) is 5.71. The normalized spacial score (nSPS) is 18.8. The molecule has 1 aromatic rings. The van der Waals surface area contributed by atoms with Crippen molar-refractivity contribution < 1.29 is 9.90 Å². The van der Waals surface area contributed by atoms with E-state index in [2.05, 4.69) is 5.32 Å². The molecule has 0 bridgehead atoms. The van der Waals surface area contributed by atoms with Crippen LogP contribution in [0.5, 0.6) is 5.75 Å². The molecular formula is C12H17N3O2. The quantitative estimate of drug-likeness (QED) is 0.679. The van der Waals surface area contributed by atoms with Gasteiger partial charge in [0.25, 0.3) is 0 Å². The average molecular weight is 235 g/mol. The number of rotatable bonds is 3. The Kier molecular flexibility index (Phi) is 3.61. The standard InChI is InChI=1S/C12H17N3O2/c13-12(17)11(15-6-4-14-5-7-15)9-2-1-3-10(16)8-9/h1-3,8,11,14,16H,4-7H2,(H2,13,17). The molecule has 1 aliphatic rings. The van der Waals surface area contributed by atoms with E-state index in [4.69, 9.17) is 5.73 Å². The van der Waals surface area contributed by atoms with Gasteiger partial charge in [-0.2, -0.15) is 0 Å². The molecule has 0 aromatic heterocycles. The molecule has 0 spiro atoms. The van der Waals surface area contributed by atoms with Crippen LogP contribution in [0.3, 0.4) is 0 Å². The Bertz CT molecular complexity index is 402. The molecule has 1 amide bonds. The van der Waals surface area contributed by atoms with Gasteiger partial charge in [-0.3, -0.25) is 9.69 Å². The van der Waals surface area contributed by atoms with Crippen LogP contribution in [0.4, 0.5) is 0 Å². The molecule has 1 aliphatic heterocycles. The number of hydrogen-bond acceptors (Lipinski definition) is 4. The number of nitrogens with zero attached hydrogens (tertiary/aromatic N) is 1. The number of phenols is 1. The first kappa shape index (κ1) is 11.9. The highest BCUT2D eigenvalue weighted by atomic mass is 16.3. The summed E-state index contributed by atoms with van der Waals surface area (Å²) < 4.78 is 0. The lowest BCUT2D eigenvalue weighted by atomic mass is 10.0. The number of phenolic OH excluding ortho intramolecular Hbond substituents is 1. The van der Waals surface area contributed by atoms with Gasteiger partial charge in [0.05, 0.1) is 0 Å². The molecule has 1 saturated heterocycles. The zero-order chi connectivity index (χ0) is 12.3. The summed E-state index contributed by atoms with van der Waals surface area (Å²) in [5, 5.41) is 12.7. The van der Waals surface area contributed by atoms with Gasteiger partial charge >= 0.3 is 0 Å². The van der Waals surface area contributed by atoms with Gasteiger partial charge in [-0.15, -0.1) is 0 Å². The maximum Gasteiger partial charge on any atom is 0.239 e. The molecule has 17 heavy (non-hydrogen) atoms. The Hall–Kier alpha value is -1.59. The van der Waals surface area contributed by atoms with E-state index >= 15 is 0 Å². The summed E-state index contributed by atoms with van der Waals surface area (Å²) >= 11 is 0. The van der Waals surface area contributed by atoms with E-state index in [1.54, 1.807) is 18.2 Å². The van der Waals surface area contributed by atoms with Gasteiger partial charge in [-0.1, -0.05) is 12.1 Å². The fourth-order valence-electron chi connectivity index (χ4n) is 2.19. The third kappa shape index (κ3) is 2.75. The van der Waals surface area contributed by atoms with Crippen LogP contribution in [0, 0.1) is 0 Å². The highest BCUT2D eigenvalue weighted by Gasteiger charge is 2.26. The first-order valence-electron chi connectivity index (χ1n) is 5.71. The highest BCUT2D eigenvalue weighted by Crippen LogP contribution is 2.23. The van der Waals surface area contributed by atoms with E-state index in [0.717, 1.165) is 31.7 Å². The fraction of sp³-hybridized carbons (Fsp3) is 0.417. The van der Waals surface area contributed by atoms with E-state index in [-0.39, 0.29) is 11.7 Å². The van der Waals surface area contributed by atoms with Gasteiger partial charge in [-0.25, -0.2) is 0 Å². The van der Waals surface area contributed by atoms with Crippen molar-refractivity contribution in [1.82, 2.24) is 10.2 Å². The first-order chi connectivity index (χ1) is 8.18. The summed E-state index contributed by atoms with van der Waals surface area (Å²) in [6.07, 6.45) is 0. The molecule has 0 radical (unpaired) electrons. The Morgan fingerprint density at radius 3 is 2.71 bits per heavy atom. The monoisotopic (exact) mass is 235 g/mol. The minimum atomic E-state index is -0.454. The summed E-state index contributed by atoms with van der Waals surface area (Å²) in [6.45, 7) is 3.26. The number of carbonyl (C=O) groups is 1. The zero-order valence-electron chi connectivity index (χ0n) is 9.60. The van der Waals surface area contributed by atoms with Crippen molar-refractivity contribution in [3.63, 3.8) is 0 Å². The summed E-state index contributed by atoms with van der Waals surface area (Å²) in [5.41, 5.74) is 6.22. The van der Waals surface area contributed by atoms with Crippen LogP contribution in [-0.4, -0.2) is 42.1 Å². The largest absolute Gasteiger partial charge is 0.508 e. The molecule has 5 nitrogen and oxygen atoms in total. The Morgan fingerprint density at radius 2 is 2.12 bits per heavy atom. The fourth-order valence-corrected chi connectivity index (χ4v) is 2.19.